The van der Waals surface area contributed by atoms with Gasteiger partial charge in [-0.05, 0) is 29.6 Å². The Bertz CT molecular complexity index is 866. The molecule has 3 heterocycles. The summed E-state index contributed by atoms with van der Waals surface area (Å²) >= 11 is 1.66. The fraction of sp³-hybridized carbons (Fsp3) is 0. The van der Waals surface area contributed by atoms with Gasteiger partial charge in [0.1, 0.15) is 11.5 Å². The average Bonchev–Trinajstić information content (AvgIpc) is 3.16. The van der Waals surface area contributed by atoms with Crippen LogP contribution in [0.4, 0.5) is 11.5 Å². The average molecular weight is 292 g/mol. The number of nitrogens with zero attached hydrogens (tertiary/aromatic N) is 3. The van der Waals surface area contributed by atoms with Crippen LogP contribution in [0, 0.1) is 0 Å². The van der Waals surface area contributed by atoms with E-state index in [1.54, 1.807) is 17.5 Å². The van der Waals surface area contributed by atoms with E-state index in [1.807, 2.05) is 47.0 Å². The highest BCUT2D eigenvalue weighted by molar-refractivity contribution is 7.08. The van der Waals surface area contributed by atoms with Crippen molar-refractivity contribution in [1.82, 2.24) is 14.4 Å². The van der Waals surface area contributed by atoms with E-state index in [2.05, 4.69) is 32.1 Å². The van der Waals surface area contributed by atoms with Crippen molar-refractivity contribution < 1.29 is 0 Å². The molecule has 4 nitrogen and oxygen atoms in total. The van der Waals surface area contributed by atoms with Crippen LogP contribution in [0.2, 0.25) is 0 Å². The maximum Gasteiger partial charge on any atom is 0.235 e. The zero-order valence-corrected chi connectivity index (χ0v) is 11.9. The number of fused-ring (bicyclic) bond motifs is 1. The monoisotopic (exact) mass is 292 g/mol. The molecule has 102 valence electrons. The summed E-state index contributed by atoms with van der Waals surface area (Å²) in [5.74, 6) is 1.62. The molecule has 0 amide bonds. The maximum absolute atomic E-state index is 4.65. The van der Waals surface area contributed by atoms with Crippen molar-refractivity contribution in [3.63, 3.8) is 0 Å². The Labute approximate surface area is 125 Å². The summed E-state index contributed by atoms with van der Waals surface area (Å²) in [5.41, 5.74) is 3.04. The van der Waals surface area contributed by atoms with Crippen LogP contribution in [0.25, 0.3) is 17.0 Å². The molecule has 0 fully saturated rings. The first-order valence-corrected chi connectivity index (χ1v) is 7.54. The van der Waals surface area contributed by atoms with Crippen molar-refractivity contribution in [3.05, 3.63) is 65.6 Å². The van der Waals surface area contributed by atoms with Crippen molar-refractivity contribution >= 4 is 28.6 Å². The van der Waals surface area contributed by atoms with Crippen LogP contribution in [0.5, 0.6) is 0 Å². The molecule has 5 heteroatoms. The molecule has 0 bridgehead atoms. The van der Waals surface area contributed by atoms with Gasteiger partial charge in [0.2, 0.25) is 5.78 Å². The molecule has 0 aliphatic carbocycles. The summed E-state index contributed by atoms with van der Waals surface area (Å²) in [7, 11) is 0. The number of aromatic nitrogens is 3. The Balaban J connectivity index is 1.91. The molecule has 0 saturated carbocycles. The molecular weight excluding hydrogens is 280 g/mol. The minimum absolute atomic E-state index is 0.692. The van der Waals surface area contributed by atoms with Gasteiger partial charge in [-0.2, -0.15) is 11.3 Å². The number of hydrogen-bond acceptors (Lipinski definition) is 4. The Kier molecular flexibility index (Phi) is 2.90. The zero-order chi connectivity index (χ0) is 14.1. The number of thiophene rings is 1. The van der Waals surface area contributed by atoms with Gasteiger partial charge in [0.15, 0.2) is 0 Å². The van der Waals surface area contributed by atoms with Crippen LogP contribution in [-0.2, 0) is 0 Å². The number of nitrogens with one attached hydrogen (secondary N) is 1. The minimum atomic E-state index is 0.692. The summed E-state index contributed by atoms with van der Waals surface area (Å²) in [4.78, 5) is 8.98. The molecule has 3 aromatic heterocycles. The lowest BCUT2D eigenvalue weighted by Crippen LogP contribution is -1.96. The summed E-state index contributed by atoms with van der Waals surface area (Å²) in [6, 6.07) is 14.1. The lowest BCUT2D eigenvalue weighted by molar-refractivity contribution is 1.11. The topological polar surface area (TPSA) is 42.2 Å². The smallest absolute Gasteiger partial charge is 0.235 e. The fourth-order valence-electron chi connectivity index (χ4n) is 2.27. The van der Waals surface area contributed by atoms with Crippen LogP contribution in [0.15, 0.2) is 65.6 Å². The number of rotatable bonds is 3. The largest absolute Gasteiger partial charge is 0.339 e. The number of anilines is 2. The minimum Gasteiger partial charge on any atom is -0.339 e. The van der Waals surface area contributed by atoms with Crippen LogP contribution in [-0.4, -0.2) is 14.4 Å². The Morgan fingerprint density at radius 2 is 1.95 bits per heavy atom. The summed E-state index contributed by atoms with van der Waals surface area (Å²) in [6.45, 7) is 0. The van der Waals surface area contributed by atoms with Gasteiger partial charge in [0.25, 0.3) is 0 Å². The summed E-state index contributed by atoms with van der Waals surface area (Å²) in [5, 5.41) is 7.60. The number of hydrogen-bond donors (Lipinski definition) is 1. The van der Waals surface area contributed by atoms with E-state index in [0.717, 1.165) is 22.8 Å². The molecule has 1 aromatic carbocycles. The van der Waals surface area contributed by atoms with Crippen LogP contribution in [0.3, 0.4) is 0 Å². The van der Waals surface area contributed by atoms with Crippen molar-refractivity contribution in [3.8, 4) is 11.3 Å². The van der Waals surface area contributed by atoms with Gasteiger partial charge in [-0.1, -0.05) is 18.2 Å². The molecule has 4 aromatic rings. The lowest BCUT2D eigenvalue weighted by Gasteiger charge is -2.07. The van der Waals surface area contributed by atoms with Gasteiger partial charge in [-0.25, -0.2) is 9.97 Å². The highest BCUT2D eigenvalue weighted by Gasteiger charge is 2.15. The van der Waals surface area contributed by atoms with E-state index in [1.165, 1.54) is 0 Å². The van der Waals surface area contributed by atoms with Gasteiger partial charge in [-0.15, -0.1) is 0 Å². The predicted molar refractivity (Wildman–Crippen MR) is 86.0 cm³/mol. The van der Waals surface area contributed by atoms with Gasteiger partial charge in [-0.3, -0.25) is 4.40 Å². The number of benzene rings is 1. The predicted octanol–water partition coefficient (Wildman–Crippen LogP) is 4.20. The maximum atomic E-state index is 4.65. The van der Waals surface area contributed by atoms with Crippen LogP contribution in [0.1, 0.15) is 0 Å². The second kappa shape index (κ2) is 5.03. The fourth-order valence-corrected chi connectivity index (χ4v) is 2.91. The molecule has 21 heavy (non-hydrogen) atoms. The highest BCUT2D eigenvalue weighted by atomic mass is 32.1. The molecule has 4 rings (SSSR count). The van der Waals surface area contributed by atoms with Crippen molar-refractivity contribution in [2.24, 2.45) is 0 Å². The second-order valence-corrected chi connectivity index (χ2v) is 5.38. The third-order valence-corrected chi connectivity index (χ3v) is 3.92. The van der Waals surface area contributed by atoms with E-state index in [4.69, 9.17) is 0 Å². The van der Waals surface area contributed by atoms with Crippen molar-refractivity contribution in [1.29, 1.82) is 0 Å². The number of imidazole rings is 1. The third-order valence-electron chi connectivity index (χ3n) is 3.23. The van der Waals surface area contributed by atoms with Gasteiger partial charge >= 0.3 is 0 Å². The first-order valence-electron chi connectivity index (χ1n) is 6.59. The van der Waals surface area contributed by atoms with E-state index in [0.29, 0.717) is 5.78 Å². The summed E-state index contributed by atoms with van der Waals surface area (Å²) in [6.07, 6.45) is 3.72. The standard InChI is InChI=1S/C16H12N4S/c1-2-5-13(6-3-1)18-15-14(12-7-10-21-11-12)19-16-17-8-4-9-20(15)16/h1-11,18H. The van der Waals surface area contributed by atoms with E-state index in [9.17, 15) is 0 Å². The number of para-hydroxylation sites is 1. The van der Waals surface area contributed by atoms with Crippen LogP contribution >= 0.6 is 11.3 Å². The molecule has 0 unspecified atom stereocenters. The van der Waals surface area contributed by atoms with Crippen molar-refractivity contribution in [2.75, 3.05) is 5.32 Å². The van der Waals surface area contributed by atoms with Gasteiger partial charge in [0.05, 0.1) is 0 Å². The van der Waals surface area contributed by atoms with Crippen molar-refractivity contribution in [2.45, 2.75) is 0 Å². The molecule has 0 atom stereocenters. The quantitative estimate of drug-likeness (QED) is 0.615. The summed E-state index contributed by atoms with van der Waals surface area (Å²) < 4.78 is 1.97. The molecule has 0 saturated heterocycles. The third kappa shape index (κ3) is 2.17. The Morgan fingerprint density at radius 1 is 1.05 bits per heavy atom. The normalized spacial score (nSPS) is 10.9. The molecular formula is C16H12N4S. The molecule has 0 spiro atoms. The Hall–Kier alpha value is -2.66. The van der Waals surface area contributed by atoms with E-state index >= 15 is 0 Å². The molecule has 0 aliphatic rings. The molecule has 0 radical (unpaired) electrons. The highest BCUT2D eigenvalue weighted by Crippen LogP contribution is 2.31. The first kappa shape index (κ1) is 12.1. The van der Waals surface area contributed by atoms with Gasteiger partial charge in [0, 0.05) is 29.0 Å². The SMILES string of the molecule is c1ccc(Nc2c(-c3ccsc3)nc3ncccn23)cc1. The van der Waals surface area contributed by atoms with E-state index in [-0.39, 0.29) is 0 Å². The first-order chi connectivity index (χ1) is 10.4. The molecule has 1 N–H and O–H groups in total. The second-order valence-electron chi connectivity index (χ2n) is 4.60. The van der Waals surface area contributed by atoms with E-state index < -0.39 is 0 Å². The zero-order valence-electron chi connectivity index (χ0n) is 11.1. The Morgan fingerprint density at radius 3 is 2.76 bits per heavy atom. The lowest BCUT2D eigenvalue weighted by atomic mass is 10.2. The van der Waals surface area contributed by atoms with Gasteiger partial charge < -0.3 is 5.32 Å². The molecule has 0 aliphatic heterocycles. The van der Waals surface area contributed by atoms with Crippen LogP contribution < -0.4 is 5.32 Å².